The van der Waals surface area contributed by atoms with Crippen molar-refractivity contribution in [1.29, 1.82) is 0 Å². The normalized spacial score (nSPS) is 27.2. The van der Waals surface area contributed by atoms with Gasteiger partial charge < -0.3 is 34.7 Å². The topological polar surface area (TPSA) is 184 Å². The molecule has 1 fully saturated rings. The van der Waals surface area contributed by atoms with Gasteiger partial charge in [0, 0.05) is 13.3 Å². The summed E-state index contributed by atoms with van der Waals surface area (Å²) in [7, 11) is -2.75. The maximum absolute atomic E-state index is 12.2. The molecule has 4 rings (SSSR count). The van der Waals surface area contributed by atoms with Crippen LogP contribution in [0.3, 0.4) is 0 Å². The number of fused-ring (bicyclic) bond motifs is 1. The molecule has 150 valence electrons. The fourth-order valence-corrected chi connectivity index (χ4v) is 3.96. The number of hydrogen-bond donors (Lipinski definition) is 4. The molecule has 1 aliphatic rings. The van der Waals surface area contributed by atoms with Gasteiger partial charge in [0.25, 0.3) is 0 Å². The first-order valence-electron chi connectivity index (χ1n) is 8.18. The van der Waals surface area contributed by atoms with Crippen LogP contribution in [-0.2, 0) is 18.6 Å². The molecule has 28 heavy (non-hydrogen) atoms. The second-order valence-corrected chi connectivity index (χ2v) is 7.84. The fraction of sp³-hybridized carbons (Fsp3) is 0.429. The number of aliphatic hydroxyl groups excluding tert-OH is 1. The van der Waals surface area contributed by atoms with Gasteiger partial charge in [-0.15, -0.1) is 0 Å². The SMILES string of the molecule is CO[C@@H]1[C@H](O)[C@@H](COP(=O)(O)c2c[nH]cn2)O[C@H]1n1cnc2c(N)ncnc21. The molecule has 0 aromatic carbocycles. The van der Waals surface area contributed by atoms with Crippen LogP contribution in [0, 0.1) is 0 Å². The Morgan fingerprint density at radius 2 is 2.21 bits per heavy atom. The Hall–Kier alpha value is -2.41. The molecule has 5 atom stereocenters. The molecule has 0 bridgehead atoms. The minimum Gasteiger partial charge on any atom is -0.387 e. The minimum atomic E-state index is -4.16. The Balaban J connectivity index is 1.55. The molecule has 13 nitrogen and oxygen atoms in total. The molecule has 1 aliphatic heterocycles. The number of nitrogens with two attached hydrogens (primary N) is 1. The van der Waals surface area contributed by atoms with Crippen molar-refractivity contribution in [3.8, 4) is 0 Å². The summed E-state index contributed by atoms with van der Waals surface area (Å²) >= 11 is 0. The number of aromatic amines is 1. The van der Waals surface area contributed by atoms with Crippen LogP contribution in [0.25, 0.3) is 11.2 Å². The van der Waals surface area contributed by atoms with Crippen molar-refractivity contribution in [3.63, 3.8) is 0 Å². The van der Waals surface area contributed by atoms with Crippen LogP contribution in [0.15, 0.2) is 25.2 Å². The number of aromatic nitrogens is 6. The van der Waals surface area contributed by atoms with Crippen LogP contribution in [-0.4, -0.2) is 71.5 Å². The standard InChI is InChI=1S/C14H18N7O6P/c1-25-11-10(22)7(3-26-28(23,24)8-2-16-4-17-8)27-14(11)21-6-20-9-12(15)18-5-19-13(9)21/h2,4-7,10-11,14,22H,3H2,1H3,(H,16,17)(H,23,24)(H2,15,18,19)/t7-,10-,11-,14-/m1/s1. The molecule has 4 heterocycles. The van der Waals surface area contributed by atoms with Crippen LogP contribution in [0.1, 0.15) is 6.23 Å². The molecule has 1 saturated heterocycles. The van der Waals surface area contributed by atoms with Gasteiger partial charge in [-0.3, -0.25) is 9.13 Å². The smallest absolute Gasteiger partial charge is 0.378 e. The Morgan fingerprint density at radius 1 is 1.39 bits per heavy atom. The van der Waals surface area contributed by atoms with Crippen LogP contribution >= 0.6 is 7.60 Å². The Morgan fingerprint density at radius 3 is 2.93 bits per heavy atom. The van der Waals surface area contributed by atoms with Crippen molar-refractivity contribution in [2.75, 3.05) is 19.5 Å². The van der Waals surface area contributed by atoms with Gasteiger partial charge in [-0.2, -0.15) is 0 Å². The monoisotopic (exact) mass is 411 g/mol. The summed E-state index contributed by atoms with van der Waals surface area (Å²) in [5.41, 5.74) is 6.45. The molecule has 0 saturated carbocycles. The van der Waals surface area contributed by atoms with Gasteiger partial charge in [-0.25, -0.2) is 19.9 Å². The van der Waals surface area contributed by atoms with Crippen molar-refractivity contribution < 1.29 is 28.6 Å². The summed E-state index contributed by atoms with van der Waals surface area (Å²) < 4.78 is 30.1. The lowest BCUT2D eigenvalue weighted by Gasteiger charge is -2.19. The Labute approximate surface area is 158 Å². The summed E-state index contributed by atoms with van der Waals surface area (Å²) in [4.78, 5) is 28.5. The van der Waals surface area contributed by atoms with E-state index in [0.29, 0.717) is 11.2 Å². The van der Waals surface area contributed by atoms with Crippen LogP contribution in [0.2, 0.25) is 0 Å². The molecule has 3 aromatic rings. The van der Waals surface area contributed by atoms with Crippen molar-refractivity contribution in [2.45, 2.75) is 24.5 Å². The van der Waals surface area contributed by atoms with Crippen LogP contribution in [0.4, 0.5) is 5.82 Å². The lowest BCUT2D eigenvalue weighted by molar-refractivity contribution is -0.0564. The predicted molar refractivity (Wildman–Crippen MR) is 94.4 cm³/mol. The number of nitrogens with zero attached hydrogens (tertiary/aromatic N) is 5. The molecule has 14 heteroatoms. The number of aliphatic hydroxyl groups is 1. The number of anilines is 1. The average molecular weight is 411 g/mol. The number of methoxy groups -OCH3 is 1. The third kappa shape index (κ3) is 3.17. The van der Waals surface area contributed by atoms with E-state index < -0.39 is 32.1 Å². The van der Waals surface area contributed by atoms with Gasteiger partial charge in [-0.05, 0) is 0 Å². The Bertz CT molecular complexity index is 1010. The summed E-state index contributed by atoms with van der Waals surface area (Å²) in [6.45, 7) is -0.359. The van der Waals surface area contributed by atoms with E-state index in [1.54, 1.807) is 4.57 Å². The quantitative estimate of drug-likeness (QED) is 0.362. The van der Waals surface area contributed by atoms with E-state index in [9.17, 15) is 14.6 Å². The number of hydrogen-bond acceptors (Lipinski definition) is 10. The highest BCUT2D eigenvalue weighted by Crippen LogP contribution is 2.42. The van der Waals surface area contributed by atoms with Crippen LogP contribution < -0.4 is 11.2 Å². The van der Waals surface area contributed by atoms with Gasteiger partial charge in [0.1, 0.15) is 30.2 Å². The zero-order valence-corrected chi connectivity index (χ0v) is 15.5. The molecule has 0 radical (unpaired) electrons. The first-order valence-corrected chi connectivity index (χ1v) is 9.76. The van der Waals surface area contributed by atoms with Gasteiger partial charge >= 0.3 is 7.60 Å². The first-order chi connectivity index (χ1) is 13.4. The highest BCUT2D eigenvalue weighted by Gasteiger charge is 2.46. The molecular formula is C14H18N7O6P. The van der Waals surface area contributed by atoms with E-state index >= 15 is 0 Å². The molecular weight excluding hydrogens is 393 g/mol. The third-order valence-corrected chi connectivity index (χ3v) is 5.76. The molecule has 0 spiro atoms. The minimum absolute atomic E-state index is 0.132. The molecule has 1 unspecified atom stereocenters. The van der Waals surface area contributed by atoms with Gasteiger partial charge in [-0.1, -0.05) is 0 Å². The van der Waals surface area contributed by atoms with E-state index in [2.05, 4.69) is 24.9 Å². The number of H-pyrrole nitrogens is 1. The van der Waals surface area contributed by atoms with E-state index in [1.165, 1.54) is 32.3 Å². The maximum Gasteiger partial charge on any atom is 0.378 e. The average Bonchev–Trinajstić information content (AvgIpc) is 3.39. The number of ether oxygens (including phenoxy) is 2. The second kappa shape index (κ2) is 7.20. The fourth-order valence-electron chi connectivity index (χ4n) is 3.04. The highest BCUT2D eigenvalue weighted by molar-refractivity contribution is 7.60. The number of nitrogens with one attached hydrogen (secondary N) is 1. The molecule has 0 aliphatic carbocycles. The zero-order valence-electron chi connectivity index (χ0n) is 14.6. The van der Waals surface area contributed by atoms with E-state index in [-0.39, 0.29) is 17.9 Å². The van der Waals surface area contributed by atoms with Gasteiger partial charge in [0.05, 0.1) is 19.3 Å². The van der Waals surface area contributed by atoms with Gasteiger partial charge in [0.15, 0.2) is 23.1 Å². The van der Waals surface area contributed by atoms with E-state index in [1.807, 2.05) is 0 Å². The largest absolute Gasteiger partial charge is 0.387 e. The lowest BCUT2D eigenvalue weighted by atomic mass is 10.1. The van der Waals surface area contributed by atoms with Gasteiger partial charge in [0.2, 0.25) is 0 Å². The number of imidazole rings is 2. The third-order valence-electron chi connectivity index (χ3n) is 4.43. The summed E-state index contributed by atoms with van der Waals surface area (Å²) in [6, 6.07) is 0. The van der Waals surface area contributed by atoms with Crippen molar-refractivity contribution in [2.24, 2.45) is 0 Å². The Kier molecular flexibility index (Phi) is 4.87. The number of nitrogen functional groups attached to an aromatic ring is 1. The lowest BCUT2D eigenvalue weighted by Crippen LogP contribution is -2.35. The van der Waals surface area contributed by atoms with E-state index in [0.717, 1.165) is 0 Å². The van der Waals surface area contributed by atoms with E-state index in [4.69, 9.17) is 19.7 Å². The molecule has 3 aromatic heterocycles. The number of rotatable bonds is 6. The zero-order chi connectivity index (χ0) is 19.9. The first kappa shape index (κ1) is 18.9. The summed E-state index contributed by atoms with van der Waals surface area (Å²) in [5.74, 6) is 0.205. The molecule has 5 N–H and O–H groups in total. The predicted octanol–water partition coefficient (Wildman–Crippen LogP) is -1.07. The summed E-state index contributed by atoms with van der Waals surface area (Å²) in [5, 5.41) is 10.6. The van der Waals surface area contributed by atoms with Crippen molar-refractivity contribution in [3.05, 3.63) is 25.2 Å². The van der Waals surface area contributed by atoms with Crippen LogP contribution in [0.5, 0.6) is 0 Å². The maximum atomic E-state index is 12.2. The molecule has 0 amide bonds. The highest BCUT2D eigenvalue weighted by atomic mass is 31.2. The second-order valence-electron chi connectivity index (χ2n) is 6.08. The van der Waals surface area contributed by atoms with Crippen molar-refractivity contribution in [1.82, 2.24) is 29.5 Å². The van der Waals surface area contributed by atoms with Crippen molar-refractivity contribution >= 4 is 30.0 Å². The summed E-state index contributed by atoms with van der Waals surface area (Å²) in [6.07, 6.45) is 1.57.